The van der Waals surface area contributed by atoms with E-state index in [0.717, 1.165) is 48.5 Å². The molecule has 2 aromatic carbocycles. The van der Waals surface area contributed by atoms with Crippen molar-refractivity contribution >= 4 is 17.2 Å². The Bertz CT molecular complexity index is 852. The number of piperidine rings is 1. The molecule has 1 aromatic heterocycles. The van der Waals surface area contributed by atoms with Crippen molar-refractivity contribution in [1.29, 1.82) is 0 Å². The third-order valence-electron chi connectivity index (χ3n) is 5.08. The van der Waals surface area contributed by atoms with Crippen molar-refractivity contribution in [3.8, 4) is 11.3 Å². The molecule has 2 heterocycles. The Morgan fingerprint density at radius 3 is 2.35 bits per heavy atom. The molecule has 1 aliphatic rings. The minimum Gasteiger partial charge on any atom is -0.338 e. The van der Waals surface area contributed by atoms with Crippen molar-refractivity contribution in [3.05, 3.63) is 76.6 Å². The lowest BCUT2D eigenvalue weighted by molar-refractivity contribution is 0.0696. The number of likely N-dealkylation sites (tertiary alicyclic amines) is 1. The number of amides is 1. The lowest BCUT2D eigenvalue weighted by atomic mass is 9.90. The van der Waals surface area contributed by atoms with Crippen LogP contribution in [0.4, 0.5) is 0 Å². The van der Waals surface area contributed by atoms with E-state index >= 15 is 0 Å². The summed E-state index contributed by atoms with van der Waals surface area (Å²) in [6.07, 6.45) is 3.25. The van der Waals surface area contributed by atoms with Crippen molar-refractivity contribution in [2.24, 2.45) is 5.92 Å². The van der Waals surface area contributed by atoms with Gasteiger partial charge < -0.3 is 4.90 Å². The number of aromatic nitrogens is 1. The molecule has 0 bridgehead atoms. The maximum absolute atomic E-state index is 13.0. The summed E-state index contributed by atoms with van der Waals surface area (Å²) in [6, 6.07) is 20.6. The van der Waals surface area contributed by atoms with Crippen LogP contribution in [0.15, 0.2) is 66.2 Å². The molecule has 0 unspecified atom stereocenters. The zero-order valence-electron chi connectivity index (χ0n) is 14.7. The molecule has 1 amide bonds. The molecular formula is C22H22N2OS. The zero-order chi connectivity index (χ0) is 17.8. The first kappa shape index (κ1) is 17.0. The highest BCUT2D eigenvalue weighted by atomic mass is 32.1. The number of thiazole rings is 1. The van der Waals surface area contributed by atoms with Gasteiger partial charge in [0.1, 0.15) is 4.88 Å². The number of hydrogen-bond acceptors (Lipinski definition) is 3. The normalized spacial score (nSPS) is 15.2. The second-order valence-electron chi connectivity index (χ2n) is 6.82. The van der Waals surface area contributed by atoms with E-state index in [0.29, 0.717) is 5.92 Å². The molecule has 4 heteroatoms. The average molecular weight is 362 g/mol. The van der Waals surface area contributed by atoms with Crippen LogP contribution in [0.2, 0.25) is 0 Å². The first-order chi connectivity index (χ1) is 12.8. The van der Waals surface area contributed by atoms with Gasteiger partial charge in [-0.3, -0.25) is 4.79 Å². The highest BCUT2D eigenvalue weighted by Gasteiger charge is 2.26. The van der Waals surface area contributed by atoms with Crippen LogP contribution in [-0.2, 0) is 6.42 Å². The van der Waals surface area contributed by atoms with Crippen LogP contribution in [0, 0.1) is 5.92 Å². The molecule has 3 aromatic rings. The van der Waals surface area contributed by atoms with Crippen LogP contribution in [0.3, 0.4) is 0 Å². The van der Waals surface area contributed by atoms with Gasteiger partial charge in [0.05, 0.1) is 11.2 Å². The second kappa shape index (κ2) is 7.83. The fourth-order valence-electron chi connectivity index (χ4n) is 3.63. The Morgan fingerprint density at radius 1 is 1.00 bits per heavy atom. The topological polar surface area (TPSA) is 33.2 Å². The number of benzene rings is 2. The molecule has 4 rings (SSSR count). The van der Waals surface area contributed by atoms with Gasteiger partial charge in [-0.05, 0) is 30.7 Å². The monoisotopic (exact) mass is 362 g/mol. The largest absolute Gasteiger partial charge is 0.338 e. The van der Waals surface area contributed by atoms with Crippen molar-refractivity contribution in [1.82, 2.24) is 9.88 Å². The predicted molar refractivity (Wildman–Crippen MR) is 106 cm³/mol. The lowest BCUT2D eigenvalue weighted by Gasteiger charge is -2.32. The highest BCUT2D eigenvalue weighted by Crippen LogP contribution is 2.29. The minimum atomic E-state index is 0.129. The van der Waals surface area contributed by atoms with Crippen LogP contribution in [0.25, 0.3) is 11.3 Å². The second-order valence-corrected chi connectivity index (χ2v) is 7.68. The van der Waals surface area contributed by atoms with E-state index in [9.17, 15) is 4.79 Å². The first-order valence-electron chi connectivity index (χ1n) is 9.13. The summed E-state index contributed by atoms with van der Waals surface area (Å²) in [5.74, 6) is 0.793. The average Bonchev–Trinajstić information content (AvgIpc) is 3.19. The Balaban J connectivity index is 1.41. The molecule has 3 nitrogen and oxygen atoms in total. The van der Waals surface area contributed by atoms with Crippen LogP contribution in [0.1, 0.15) is 28.1 Å². The molecule has 1 saturated heterocycles. The van der Waals surface area contributed by atoms with E-state index in [2.05, 4.69) is 35.3 Å². The van der Waals surface area contributed by atoms with Crippen LogP contribution < -0.4 is 0 Å². The van der Waals surface area contributed by atoms with Gasteiger partial charge in [0.15, 0.2) is 0 Å². The van der Waals surface area contributed by atoms with Gasteiger partial charge in [-0.15, -0.1) is 11.3 Å². The van der Waals surface area contributed by atoms with Crippen molar-refractivity contribution < 1.29 is 4.79 Å². The van der Waals surface area contributed by atoms with Crippen LogP contribution in [0.5, 0.6) is 0 Å². The van der Waals surface area contributed by atoms with E-state index in [1.807, 2.05) is 35.2 Å². The number of hydrogen-bond donors (Lipinski definition) is 0. The van der Waals surface area contributed by atoms with Gasteiger partial charge in [-0.25, -0.2) is 4.98 Å². The third kappa shape index (κ3) is 3.70. The fraction of sp³-hybridized carbons (Fsp3) is 0.273. The molecule has 0 atom stereocenters. The number of nitrogens with zero attached hydrogens (tertiary/aromatic N) is 2. The van der Waals surface area contributed by atoms with Gasteiger partial charge in [0.25, 0.3) is 5.91 Å². The van der Waals surface area contributed by atoms with E-state index in [-0.39, 0.29) is 5.91 Å². The van der Waals surface area contributed by atoms with Gasteiger partial charge in [0, 0.05) is 18.7 Å². The summed E-state index contributed by atoms with van der Waals surface area (Å²) in [7, 11) is 0. The maximum Gasteiger partial charge on any atom is 0.266 e. The van der Waals surface area contributed by atoms with Gasteiger partial charge in [0.2, 0.25) is 0 Å². The molecule has 0 N–H and O–H groups in total. The van der Waals surface area contributed by atoms with E-state index < -0.39 is 0 Å². The molecule has 26 heavy (non-hydrogen) atoms. The standard InChI is InChI=1S/C22H22N2OS/c25-22(21-20(23-16-26-21)19-9-5-2-6-10-19)24-13-11-18(12-14-24)15-17-7-3-1-4-8-17/h1-10,16,18H,11-15H2. The van der Waals surface area contributed by atoms with Gasteiger partial charge >= 0.3 is 0 Å². The molecule has 0 spiro atoms. The van der Waals surface area contributed by atoms with Crippen molar-refractivity contribution in [2.45, 2.75) is 19.3 Å². The molecule has 132 valence electrons. The van der Waals surface area contributed by atoms with Crippen LogP contribution >= 0.6 is 11.3 Å². The van der Waals surface area contributed by atoms with Gasteiger partial charge in [-0.2, -0.15) is 0 Å². The predicted octanol–water partition coefficient (Wildman–Crippen LogP) is 4.91. The van der Waals surface area contributed by atoms with E-state index in [4.69, 9.17) is 0 Å². The Morgan fingerprint density at radius 2 is 1.65 bits per heavy atom. The summed E-state index contributed by atoms with van der Waals surface area (Å²) in [5, 5.41) is 0. The Kier molecular flexibility index (Phi) is 5.12. The number of carbonyl (C=O) groups excluding carboxylic acids is 1. The maximum atomic E-state index is 13.0. The summed E-state index contributed by atoms with van der Waals surface area (Å²) in [5.41, 5.74) is 4.99. The van der Waals surface area contributed by atoms with E-state index in [1.165, 1.54) is 16.9 Å². The summed E-state index contributed by atoms with van der Waals surface area (Å²) in [6.45, 7) is 1.67. The van der Waals surface area contributed by atoms with E-state index in [1.54, 1.807) is 5.51 Å². The smallest absolute Gasteiger partial charge is 0.266 e. The molecule has 1 aliphatic heterocycles. The van der Waals surface area contributed by atoms with Crippen molar-refractivity contribution in [2.75, 3.05) is 13.1 Å². The molecule has 0 aliphatic carbocycles. The molecule has 0 saturated carbocycles. The quantitative estimate of drug-likeness (QED) is 0.661. The van der Waals surface area contributed by atoms with Gasteiger partial charge in [-0.1, -0.05) is 60.7 Å². The lowest BCUT2D eigenvalue weighted by Crippen LogP contribution is -2.38. The Hall–Kier alpha value is -2.46. The molecule has 0 radical (unpaired) electrons. The van der Waals surface area contributed by atoms with Crippen LogP contribution in [-0.4, -0.2) is 28.9 Å². The minimum absolute atomic E-state index is 0.129. The van der Waals surface area contributed by atoms with Crippen molar-refractivity contribution in [3.63, 3.8) is 0 Å². The highest BCUT2D eigenvalue weighted by molar-refractivity contribution is 7.12. The summed E-state index contributed by atoms with van der Waals surface area (Å²) in [4.78, 5) is 20.2. The number of rotatable bonds is 4. The SMILES string of the molecule is O=C(c1scnc1-c1ccccc1)N1CCC(Cc2ccccc2)CC1. The summed E-state index contributed by atoms with van der Waals surface area (Å²) < 4.78 is 0. The number of carbonyl (C=O) groups is 1. The first-order valence-corrected chi connectivity index (χ1v) is 10.0. The molecular weight excluding hydrogens is 340 g/mol. The third-order valence-corrected chi connectivity index (χ3v) is 5.89. The summed E-state index contributed by atoms with van der Waals surface area (Å²) >= 11 is 1.45. The molecule has 1 fully saturated rings. The Labute approximate surface area is 158 Å². The zero-order valence-corrected chi connectivity index (χ0v) is 15.5. The fourth-order valence-corrected chi connectivity index (χ4v) is 4.41.